The van der Waals surface area contributed by atoms with Gasteiger partial charge in [0, 0.05) is 10.7 Å². The number of ether oxygens (including phenoxy) is 1. The van der Waals surface area contributed by atoms with Gasteiger partial charge in [-0.3, -0.25) is 14.5 Å². The van der Waals surface area contributed by atoms with Gasteiger partial charge in [-0.25, -0.2) is 0 Å². The molecule has 0 aromatic heterocycles. The molecule has 7 heteroatoms. The zero-order valence-electron chi connectivity index (χ0n) is 14.3. The SMILES string of the molecule is COc1ccc(C=C2SC(=O)N(CNc3cccc(Cl)c3C)C2=O)cc1. The van der Waals surface area contributed by atoms with Gasteiger partial charge in [-0.15, -0.1) is 0 Å². The van der Waals surface area contributed by atoms with E-state index < -0.39 is 0 Å². The topological polar surface area (TPSA) is 58.6 Å². The summed E-state index contributed by atoms with van der Waals surface area (Å²) in [6.07, 6.45) is 1.70. The van der Waals surface area contributed by atoms with Crippen LogP contribution in [0.4, 0.5) is 10.5 Å². The van der Waals surface area contributed by atoms with Crippen molar-refractivity contribution in [3.8, 4) is 5.75 Å². The van der Waals surface area contributed by atoms with Crippen LogP contribution in [-0.2, 0) is 4.79 Å². The molecule has 134 valence electrons. The smallest absolute Gasteiger partial charge is 0.295 e. The summed E-state index contributed by atoms with van der Waals surface area (Å²) in [5, 5.41) is 3.42. The van der Waals surface area contributed by atoms with Crippen molar-refractivity contribution in [1.29, 1.82) is 0 Å². The average Bonchev–Trinajstić information content (AvgIpc) is 2.90. The zero-order chi connectivity index (χ0) is 18.7. The molecule has 0 unspecified atom stereocenters. The van der Waals surface area contributed by atoms with Crippen LogP contribution in [0.1, 0.15) is 11.1 Å². The number of methoxy groups -OCH3 is 1. The average molecular weight is 389 g/mol. The highest BCUT2D eigenvalue weighted by molar-refractivity contribution is 8.18. The largest absolute Gasteiger partial charge is 0.497 e. The van der Waals surface area contributed by atoms with Crippen LogP contribution in [0.3, 0.4) is 0 Å². The van der Waals surface area contributed by atoms with Crippen LogP contribution in [0.5, 0.6) is 5.75 Å². The molecule has 1 saturated heterocycles. The molecule has 0 aliphatic carbocycles. The van der Waals surface area contributed by atoms with E-state index >= 15 is 0 Å². The van der Waals surface area contributed by atoms with Gasteiger partial charge in [0.25, 0.3) is 11.1 Å². The highest BCUT2D eigenvalue weighted by atomic mass is 35.5. The van der Waals surface area contributed by atoms with Crippen LogP contribution in [0.2, 0.25) is 5.02 Å². The number of imide groups is 1. The van der Waals surface area contributed by atoms with Gasteiger partial charge in [0.15, 0.2) is 0 Å². The van der Waals surface area contributed by atoms with Crippen LogP contribution in [0.25, 0.3) is 6.08 Å². The minimum atomic E-state index is -0.317. The predicted molar refractivity (Wildman–Crippen MR) is 105 cm³/mol. The minimum Gasteiger partial charge on any atom is -0.497 e. The molecule has 0 bridgehead atoms. The van der Waals surface area contributed by atoms with Crippen molar-refractivity contribution >= 4 is 46.3 Å². The van der Waals surface area contributed by atoms with Gasteiger partial charge < -0.3 is 10.1 Å². The number of anilines is 1. The van der Waals surface area contributed by atoms with Crippen molar-refractivity contribution in [2.24, 2.45) is 0 Å². The Morgan fingerprint density at radius 2 is 1.92 bits per heavy atom. The molecule has 2 aromatic rings. The highest BCUT2D eigenvalue weighted by Crippen LogP contribution is 2.32. The Balaban J connectivity index is 1.72. The number of nitrogens with one attached hydrogen (secondary N) is 1. The monoisotopic (exact) mass is 388 g/mol. The predicted octanol–water partition coefficient (Wildman–Crippen LogP) is 4.76. The lowest BCUT2D eigenvalue weighted by molar-refractivity contribution is -0.122. The van der Waals surface area contributed by atoms with E-state index in [-0.39, 0.29) is 17.8 Å². The molecule has 0 atom stereocenters. The van der Waals surface area contributed by atoms with Gasteiger partial charge in [0.05, 0.1) is 18.7 Å². The molecule has 1 aliphatic rings. The maximum atomic E-state index is 12.5. The standard InChI is InChI=1S/C19H17ClN2O3S/c1-12-15(20)4-3-5-16(12)21-11-22-18(23)17(26-19(22)24)10-13-6-8-14(25-2)9-7-13/h3-10,21H,11H2,1-2H3. The number of carbonyl (C=O) groups is 2. The molecule has 0 saturated carbocycles. The van der Waals surface area contributed by atoms with Crippen LogP contribution in [0.15, 0.2) is 47.4 Å². The molecule has 1 heterocycles. The summed E-state index contributed by atoms with van der Waals surface area (Å²) in [4.78, 5) is 26.3. The maximum absolute atomic E-state index is 12.5. The fourth-order valence-corrected chi connectivity index (χ4v) is 3.46. The normalized spacial score (nSPS) is 15.7. The van der Waals surface area contributed by atoms with E-state index in [2.05, 4.69) is 5.32 Å². The number of nitrogens with zero attached hydrogens (tertiary/aromatic N) is 1. The molecule has 1 aliphatic heterocycles. The van der Waals surface area contributed by atoms with E-state index in [0.29, 0.717) is 9.93 Å². The molecule has 2 aromatic carbocycles. The van der Waals surface area contributed by atoms with Gasteiger partial charge in [0.1, 0.15) is 5.75 Å². The number of rotatable bonds is 5. The number of hydrogen-bond donors (Lipinski definition) is 1. The summed E-state index contributed by atoms with van der Waals surface area (Å²) >= 11 is 7.02. The number of thioether (sulfide) groups is 1. The van der Waals surface area contributed by atoms with Crippen molar-refractivity contribution in [2.45, 2.75) is 6.92 Å². The summed E-state index contributed by atoms with van der Waals surface area (Å²) in [6, 6.07) is 12.7. The second kappa shape index (κ2) is 7.85. The third-order valence-corrected chi connectivity index (χ3v) is 5.30. The van der Waals surface area contributed by atoms with Crippen LogP contribution in [-0.4, -0.2) is 29.8 Å². The maximum Gasteiger partial charge on any atom is 0.295 e. The highest BCUT2D eigenvalue weighted by Gasteiger charge is 2.34. The number of benzene rings is 2. The van der Waals surface area contributed by atoms with Gasteiger partial charge in [-0.2, -0.15) is 0 Å². The third-order valence-electron chi connectivity index (χ3n) is 3.98. The first-order valence-corrected chi connectivity index (χ1v) is 9.07. The van der Waals surface area contributed by atoms with Crippen molar-refractivity contribution in [3.05, 3.63) is 63.5 Å². The molecule has 1 N–H and O–H groups in total. The Hall–Kier alpha value is -2.44. The number of amides is 2. The summed E-state index contributed by atoms with van der Waals surface area (Å²) in [6.45, 7) is 1.97. The Labute approximate surface area is 161 Å². The van der Waals surface area contributed by atoms with Crippen molar-refractivity contribution < 1.29 is 14.3 Å². The fraction of sp³-hybridized carbons (Fsp3) is 0.158. The Bertz CT molecular complexity index is 881. The quantitative estimate of drug-likeness (QED) is 0.748. The third kappa shape index (κ3) is 3.86. The second-order valence-electron chi connectivity index (χ2n) is 5.63. The van der Waals surface area contributed by atoms with E-state index in [1.807, 2.05) is 31.2 Å². The van der Waals surface area contributed by atoms with E-state index in [1.165, 1.54) is 4.90 Å². The zero-order valence-corrected chi connectivity index (χ0v) is 15.9. The van der Waals surface area contributed by atoms with Crippen molar-refractivity contribution in [1.82, 2.24) is 4.90 Å². The van der Waals surface area contributed by atoms with Crippen molar-refractivity contribution in [2.75, 3.05) is 19.1 Å². The first-order valence-electron chi connectivity index (χ1n) is 7.88. The molecule has 3 rings (SSSR count). The molecule has 2 amide bonds. The number of halogens is 1. The first-order chi connectivity index (χ1) is 12.5. The van der Waals surface area contributed by atoms with Gasteiger partial charge in [-0.1, -0.05) is 29.8 Å². The molecular weight excluding hydrogens is 372 g/mol. The summed E-state index contributed by atoms with van der Waals surface area (Å²) in [5.41, 5.74) is 2.49. The van der Waals surface area contributed by atoms with Crippen LogP contribution < -0.4 is 10.1 Å². The van der Waals surface area contributed by atoms with Gasteiger partial charge >= 0.3 is 0 Å². The van der Waals surface area contributed by atoms with Crippen molar-refractivity contribution in [3.63, 3.8) is 0 Å². The Morgan fingerprint density at radius 3 is 2.62 bits per heavy atom. The lowest BCUT2D eigenvalue weighted by Gasteiger charge is -2.16. The Morgan fingerprint density at radius 1 is 1.19 bits per heavy atom. The van der Waals surface area contributed by atoms with Crippen LogP contribution >= 0.6 is 23.4 Å². The van der Waals surface area contributed by atoms with Gasteiger partial charge in [0.2, 0.25) is 0 Å². The molecule has 5 nitrogen and oxygen atoms in total. The molecule has 26 heavy (non-hydrogen) atoms. The first kappa shape index (κ1) is 18.4. The number of carbonyl (C=O) groups excluding carboxylic acids is 2. The minimum absolute atomic E-state index is 0.0891. The summed E-state index contributed by atoms with van der Waals surface area (Å²) in [7, 11) is 1.59. The molecular formula is C19H17ClN2O3S. The van der Waals surface area contributed by atoms with E-state index in [9.17, 15) is 9.59 Å². The van der Waals surface area contributed by atoms with Crippen LogP contribution in [0, 0.1) is 6.92 Å². The van der Waals surface area contributed by atoms with E-state index in [1.54, 1.807) is 31.4 Å². The number of hydrogen-bond acceptors (Lipinski definition) is 5. The second-order valence-corrected chi connectivity index (χ2v) is 7.03. The van der Waals surface area contributed by atoms with E-state index in [0.717, 1.165) is 34.3 Å². The Kier molecular flexibility index (Phi) is 5.54. The molecule has 1 fully saturated rings. The lowest BCUT2D eigenvalue weighted by Crippen LogP contribution is -2.33. The summed E-state index contributed by atoms with van der Waals surface area (Å²) < 4.78 is 5.11. The molecule has 0 radical (unpaired) electrons. The fourth-order valence-electron chi connectivity index (χ4n) is 2.45. The van der Waals surface area contributed by atoms with Gasteiger partial charge in [-0.05, 0) is 60.2 Å². The summed E-state index contributed by atoms with van der Waals surface area (Å²) in [5.74, 6) is 0.416. The van der Waals surface area contributed by atoms with E-state index in [4.69, 9.17) is 16.3 Å². The lowest BCUT2D eigenvalue weighted by atomic mass is 10.2. The molecule has 0 spiro atoms.